The Morgan fingerprint density at radius 3 is 2.51 bits per heavy atom. The molecule has 4 fully saturated rings. The van der Waals surface area contributed by atoms with Crippen LogP contribution in [-0.2, 0) is 6.54 Å². The monoisotopic (exact) mass is 551 g/mol. The molecule has 7 rings (SSSR count). The van der Waals surface area contributed by atoms with Gasteiger partial charge < -0.3 is 14.6 Å². The molecule has 2 aromatic carbocycles. The van der Waals surface area contributed by atoms with Crippen molar-refractivity contribution in [3.05, 3.63) is 64.8 Å². The van der Waals surface area contributed by atoms with Crippen LogP contribution in [0.3, 0.4) is 0 Å². The standard InChI is InChI=1S/C34H41N5O2/c1-23-17-31(41-2)29(28-9-11-36-32(23)28)22-39-12-10-34(18-24(19-34)21-35)20-30(39)25-3-5-26(6-4-25)33(40)38-15-13-37(14-16-38)27-7-8-27/h3-6,9,11,17,24,27,30,36H,7-8,10,12-16,18-20,22H2,1-2H3. The summed E-state index contributed by atoms with van der Waals surface area (Å²) < 4.78 is 5.89. The van der Waals surface area contributed by atoms with Crippen LogP contribution in [0.4, 0.5) is 0 Å². The number of benzene rings is 2. The lowest BCUT2D eigenvalue weighted by Crippen LogP contribution is -2.49. The highest BCUT2D eigenvalue weighted by Gasteiger charge is 2.49. The van der Waals surface area contributed by atoms with Gasteiger partial charge in [0.2, 0.25) is 0 Å². The van der Waals surface area contributed by atoms with E-state index in [1.54, 1.807) is 7.11 Å². The van der Waals surface area contributed by atoms with Crippen molar-refractivity contribution < 1.29 is 9.53 Å². The van der Waals surface area contributed by atoms with Crippen LogP contribution in [0, 0.1) is 29.6 Å². The minimum absolute atomic E-state index is 0.152. The van der Waals surface area contributed by atoms with E-state index >= 15 is 0 Å². The summed E-state index contributed by atoms with van der Waals surface area (Å²) in [7, 11) is 1.76. The molecule has 2 aliphatic carbocycles. The second kappa shape index (κ2) is 10.5. The molecule has 2 saturated heterocycles. The zero-order valence-electron chi connectivity index (χ0n) is 24.4. The maximum Gasteiger partial charge on any atom is 0.253 e. The summed E-state index contributed by atoms with van der Waals surface area (Å²) in [6.45, 7) is 7.53. The maximum absolute atomic E-state index is 13.4. The van der Waals surface area contributed by atoms with E-state index in [0.29, 0.717) is 0 Å². The minimum atomic E-state index is 0.152. The Balaban J connectivity index is 1.13. The van der Waals surface area contributed by atoms with E-state index in [4.69, 9.17) is 4.74 Å². The number of piperazine rings is 1. The zero-order chi connectivity index (χ0) is 28.1. The average Bonchev–Trinajstić information content (AvgIpc) is 3.72. The highest BCUT2D eigenvalue weighted by Crippen LogP contribution is 2.57. The van der Waals surface area contributed by atoms with Crippen LogP contribution in [0.1, 0.15) is 71.6 Å². The van der Waals surface area contributed by atoms with Crippen LogP contribution in [0.15, 0.2) is 42.6 Å². The number of piperidine rings is 1. The Hall–Kier alpha value is -3.34. The molecule has 3 heterocycles. The molecule has 7 heteroatoms. The van der Waals surface area contributed by atoms with Crippen LogP contribution in [0.5, 0.6) is 5.75 Å². The molecule has 1 spiro atoms. The molecule has 1 aromatic heterocycles. The van der Waals surface area contributed by atoms with Crippen LogP contribution in [-0.4, -0.2) is 71.5 Å². The number of aromatic amines is 1. The number of ether oxygens (including phenoxy) is 1. The third-order valence-corrected chi connectivity index (χ3v) is 10.4. The molecule has 0 bridgehead atoms. The number of fused-ring (bicyclic) bond motifs is 1. The predicted octanol–water partition coefficient (Wildman–Crippen LogP) is 5.66. The Morgan fingerprint density at radius 2 is 1.83 bits per heavy atom. The molecule has 2 aliphatic heterocycles. The first-order valence-corrected chi connectivity index (χ1v) is 15.4. The smallest absolute Gasteiger partial charge is 0.253 e. The quantitative estimate of drug-likeness (QED) is 0.428. The van der Waals surface area contributed by atoms with Gasteiger partial charge in [-0.15, -0.1) is 0 Å². The third-order valence-electron chi connectivity index (χ3n) is 10.4. The van der Waals surface area contributed by atoms with E-state index in [9.17, 15) is 10.1 Å². The summed E-state index contributed by atoms with van der Waals surface area (Å²) >= 11 is 0. The van der Waals surface area contributed by atoms with E-state index in [2.05, 4.69) is 52.0 Å². The number of hydrogen-bond acceptors (Lipinski definition) is 5. The number of H-pyrrole nitrogens is 1. The van der Waals surface area contributed by atoms with Crippen molar-refractivity contribution >= 4 is 16.8 Å². The molecule has 1 amide bonds. The molecule has 1 N–H and O–H groups in total. The van der Waals surface area contributed by atoms with Crippen molar-refractivity contribution in [1.82, 2.24) is 19.7 Å². The van der Waals surface area contributed by atoms with E-state index in [-0.39, 0.29) is 23.3 Å². The van der Waals surface area contributed by atoms with Gasteiger partial charge in [0.1, 0.15) is 5.75 Å². The van der Waals surface area contributed by atoms with E-state index in [1.807, 2.05) is 23.2 Å². The van der Waals surface area contributed by atoms with Crippen molar-refractivity contribution in [1.29, 1.82) is 5.26 Å². The molecular weight excluding hydrogens is 510 g/mol. The Bertz CT molecular complexity index is 1470. The van der Waals surface area contributed by atoms with Gasteiger partial charge >= 0.3 is 0 Å². The van der Waals surface area contributed by atoms with Gasteiger partial charge in [0.15, 0.2) is 0 Å². The van der Waals surface area contributed by atoms with Gasteiger partial charge in [0, 0.05) is 79.0 Å². The highest BCUT2D eigenvalue weighted by molar-refractivity contribution is 5.94. The molecule has 1 unspecified atom stereocenters. The van der Waals surface area contributed by atoms with Gasteiger partial charge in [-0.05, 0) is 92.8 Å². The second-order valence-electron chi connectivity index (χ2n) is 13.0. The third kappa shape index (κ3) is 4.91. The lowest BCUT2D eigenvalue weighted by molar-refractivity contribution is -0.0298. The van der Waals surface area contributed by atoms with Crippen molar-refractivity contribution in [3.8, 4) is 11.8 Å². The first kappa shape index (κ1) is 26.6. The number of nitriles is 1. The fraction of sp³-hybridized carbons (Fsp3) is 0.529. The van der Waals surface area contributed by atoms with Gasteiger partial charge in [-0.2, -0.15) is 5.26 Å². The van der Waals surface area contributed by atoms with E-state index in [0.717, 1.165) is 82.3 Å². The van der Waals surface area contributed by atoms with E-state index < -0.39 is 0 Å². The van der Waals surface area contributed by atoms with Crippen molar-refractivity contribution in [2.45, 2.75) is 64.1 Å². The number of rotatable bonds is 6. The summed E-state index contributed by atoms with van der Waals surface area (Å²) in [5.74, 6) is 1.28. The van der Waals surface area contributed by atoms with Crippen LogP contribution >= 0.6 is 0 Å². The number of carbonyl (C=O) groups is 1. The number of nitrogens with one attached hydrogen (secondary N) is 1. The number of methoxy groups -OCH3 is 1. The lowest BCUT2D eigenvalue weighted by atomic mass is 9.56. The molecule has 41 heavy (non-hydrogen) atoms. The second-order valence-corrected chi connectivity index (χ2v) is 13.0. The van der Waals surface area contributed by atoms with Crippen molar-refractivity contribution in [2.75, 3.05) is 39.8 Å². The van der Waals surface area contributed by atoms with Crippen LogP contribution in [0.25, 0.3) is 10.9 Å². The molecule has 0 radical (unpaired) electrons. The van der Waals surface area contributed by atoms with E-state index in [1.165, 1.54) is 40.4 Å². The SMILES string of the molecule is COc1cc(C)c2[nH]ccc2c1CN1CCC2(CC(C#N)C2)CC1c1ccc(C(=O)N2CCN(C3CC3)CC2)cc1. The molecular formula is C34H41N5O2. The largest absolute Gasteiger partial charge is 0.496 e. The minimum Gasteiger partial charge on any atom is -0.496 e. The van der Waals surface area contributed by atoms with Crippen LogP contribution in [0.2, 0.25) is 0 Å². The highest BCUT2D eigenvalue weighted by atomic mass is 16.5. The van der Waals surface area contributed by atoms with Crippen molar-refractivity contribution in [3.63, 3.8) is 0 Å². The average molecular weight is 552 g/mol. The summed E-state index contributed by atoms with van der Waals surface area (Å²) in [6, 6.07) is 16.3. The zero-order valence-corrected chi connectivity index (χ0v) is 24.4. The first-order valence-electron chi connectivity index (χ1n) is 15.4. The topological polar surface area (TPSA) is 75.6 Å². The Kier molecular flexibility index (Phi) is 6.79. The maximum atomic E-state index is 13.4. The summed E-state index contributed by atoms with van der Waals surface area (Å²) in [5, 5.41) is 10.7. The fourth-order valence-electron chi connectivity index (χ4n) is 7.89. The number of nitrogens with zero attached hydrogens (tertiary/aromatic N) is 4. The number of carbonyl (C=O) groups excluding carboxylic acids is 1. The van der Waals surface area contributed by atoms with Gasteiger partial charge in [-0.1, -0.05) is 12.1 Å². The Morgan fingerprint density at radius 1 is 1.07 bits per heavy atom. The molecule has 2 saturated carbocycles. The van der Waals surface area contributed by atoms with Crippen molar-refractivity contribution in [2.24, 2.45) is 11.3 Å². The van der Waals surface area contributed by atoms with Gasteiger partial charge in [-0.3, -0.25) is 14.6 Å². The van der Waals surface area contributed by atoms with Gasteiger partial charge in [0.25, 0.3) is 5.91 Å². The number of aryl methyl sites for hydroxylation is 1. The Labute approximate surface area is 243 Å². The predicted molar refractivity (Wildman–Crippen MR) is 160 cm³/mol. The number of amides is 1. The molecule has 1 atom stereocenters. The number of likely N-dealkylation sites (tertiary alicyclic amines) is 1. The van der Waals surface area contributed by atoms with Gasteiger partial charge in [-0.25, -0.2) is 0 Å². The summed E-state index contributed by atoms with van der Waals surface area (Å²) in [6.07, 6.45) is 8.83. The molecule has 7 nitrogen and oxygen atoms in total. The summed E-state index contributed by atoms with van der Waals surface area (Å²) in [4.78, 5) is 23.9. The molecule has 4 aliphatic rings. The lowest BCUT2D eigenvalue weighted by Gasteiger charge is -2.53. The van der Waals surface area contributed by atoms with Crippen LogP contribution < -0.4 is 4.74 Å². The number of hydrogen-bond donors (Lipinski definition) is 1. The normalized spacial score (nSPS) is 27.1. The fourth-order valence-corrected chi connectivity index (χ4v) is 7.89. The number of aromatic nitrogens is 1. The van der Waals surface area contributed by atoms with Gasteiger partial charge in [0.05, 0.1) is 13.2 Å². The molecule has 214 valence electrons. The summed E-state index contributed by atoms with van der Waals surface area (Å²) in [5.41, 5.74) is 5.87. The molecule has 3 aromatic rings. The first-order chi connectivity index (χ1) is 20.0.